The van der Waals surface area contributed by atoms with Crippen LogP contribution in [-0.2, 0) is 13.6 Å². The van der Waals surface area contributed by atoms with Crippen molar-refractivity contribution in [1.29, 1.82) is 0 Å². The fraction of sp³-hybridized carbons (Fsp3) is 0.500. The zero-order chi connectivity index (χ0) is 17.4. The van der Waals surface area contributed by atoms with Gasteiger partial charge in [0.05, 0.1) is 13.2 Å². The van der Waals surface area contributed by atoms with Gasteiger partial charge < -0.3 is 19.4 Å². The first-order chi connectivity index (χ1) is 11.7. The zero-order valence-electron chi connectivity index (χ0n) is 15.3. The summed E-state index contributed by atoms with van der Waals surface area (Å²) in [6, 6.07) is 10.7. The third-order valence-corrected chi connectivity index (χ3v) is 4.03. The molecular formula is C20H30N2O2. The molecule has 0 aliphatic carbocycles. The first-order valence-corrected chi connectivity index (χ1v) is 8.88. The molecule has 24 heavy (non-hydrogen) atoms. The van der Waals surface area contributed by atoms with Crippen molar-refractivity contribution in [2.75, 3.05) is 13.2 Å². The second-order valence-corrected chi connectivity index (χ2v) is 6.12. The van der Waals surface area contributed by atoms with E-state index in [0.717, 1.165) is 30.9 Å². The third kappa shape index (κ3) is 5.03. The summed E-state index contributed by atoms with van der Waals surface area (Å²) >= 11 is 0. The second-order valence-electron chi connectivity index (χ2n) is 6.12. The van der Waals surface area contributed by atoms with Crippen LogP contribution in [0.5, 0.6) is 11.5 Å². The number of hydrogen-bond acceptors (Lipinski definition) is 3. The van der Waals surface area contributed by atoms with Crippen molar-refractivity contribution in [3.05, 3.63) is 47.8 Å². The Labute approximate surface area is 145 Å². The van der Waals surface area contributed by atoms with Gasteiger partial charge in [-0.2, -0.15) is 0 Å². The first-order valence-electron chi connectivity index (χ1n) is 8.88. The van der Waals surface area contributed by atoms with Crippen LogP contribution in [0.1, 0.15) is 50.9 Å². The average Bonchev–Trinajstić information content (AvgIpc) is 3.01. The van der Waals surface area contributed by atoms with E-state index in [0.29, 0.717) is 13.2 Å². The van der Waals surface area contributed by atoms with Crippen LogP contribution in [0.4, 0.5) is 0 Å². The quantitative estimate of drug-likeness (QED) is 0.699. The number of nitrogens with zero attached hydrogens (tertiary/aromatic N) is 1. The monoisotopic (exact) mass is 330 g/mol. The molecule has 0 saturated heterocycles. The van der Waals surface area contributed by atoms with Gasteiger partial charge in [0, 0.05) is 31.5 Å². The molecule has 132 valence electrons. The maximum Gasteiger partial charge on any atom is 0.161 e. The Morgan fingerprint density at radius 3 is 2.38 bits per heavy atom. The van der Waals surface area contributed by atoms with Crippen LogP contribution in [0.2, 0.25) is 0 Å². The molecule has 1 unspecified atom stereocenters. The largest absolute Gasteiger partial charge is 0.490 e. The molecule has 1 atom stereocenters. The fourth-order valence-electron chi connectivity index (χ4n) is 2.51. The molecule has 0 saturated carbocycles. The standard InChI is InChI=1S/C20H30N2O2/c1-5-12-23-19-10-9-17(14-20(19)24-13-6-2)16(3)21-15-18-8-7-11-22(18)4/h7-11,14,16,21H,5-6,12-13,15H2,1-4H3. The van der Waals surface area contributed by atoms with Gasteiger partial charge in [-0.15, -0.1) is 0 Å². The van der Waals surface area contributed by atoms with E-state index in [2.05, 4.69) is 68.2 Å². The Bertz CT molecular complexity index is 622. The molecular weight excluding hydrogens is 300 g/mol. The summed E-state index contributed by atoms with van der Waals surface area (Å²) in [7, 11) is 2.07. The first kappa shape index (κ1) is 18.4. The van der Waals surface area contributed by atoms with E-state index in [4.69, 9.17) is 9.47 Å². The lowest BCUT2D eigenvalue weighted by Gasteiger charge is -2.18. The Hall–Kier alpha value is -1.94. The molecule has 1 aromatic heterocycles. The Morgan fingerprint density at radius 1 is 1.04 bits per heavy atom. The molecule has 2 aromatic rings. The predicted molar refractivity (Wildman–Crippen MR) is 98.7 cm³/mol. The highest BCUT2D eigenvalue weighted by atomic mass is 16.5. The number of aryl methyl sites for hydroxylation is 1. The molecule has 0 spiro atoms. The number of ether oxygens (including phenoxy) is 2. The summed E-state index contributed by atoms with van der Waals surface area (Å²) in [6.45, 7) is 8.65. The average molecular weight is 330 g/mol. The summed E-state index contributed by atoms with van der Waals surface area (Å²) < 4.78 is 13.8. The van der Waals surface area contributed by atoms with Crippen molar-refractivity contribution in [2.24, 2.45) is 7.05 Å². The molecule has 4 nitrogen and oxygen atoms in total. The smallest absolute Gasteiger partial charge is 0.161 e. The van der Waals surface area contributed by atoms with Gasteiger partial charge in [-0.3, -0.25) is 0 Å². The topological polar surface area (TPSA) is 35.4 Å². The minimum Gasteiger partial charge on any atom is -0.490 e. The van der Waals surface area contributed by atoms with Gasteiger partial charge in [0.2, 0.25) is 0 Å². The summed E-state index contributed by atoms with van der Waals surface area (Å²) in [4.78, 5) is 0. The normalized spacial score (nSPS) is 12.2. The van der Waals surface area contributed by atoms with Gasteiger partial charge in [-0.25, -0.2) is 0 Å². The van der Waals surface area contributed by atoms with Gasteiger partial charge >= 0.3 is 0 Å². The van der Waals surface area contributed by atoms with Crippen LogP contribution in [0.15, 0.2) is 36.5 Å². The summed E-state index contributed by atoms with van der Waals surface area (Å²) in [5.74, 6) is 1.68. The molecule has 0 bridgehead atoms. The van der Waals surface area contributed by atoms with E-state index in [1.165, 1.54) is 11.3 Å². The molecule has 1 N–H and O–H groups in total. The fourth-order valence-corrected chi connectivity index (χ4v) is 2.51. The van der Waals surface area contributed by atoms with Gasteiger partial charge in [0.15, 0.2) is 11.5 Å². The van der Waals surface area contributed by atoms with Crippen molar-refractivity contribution >= 4 is 0 Å². The Balaban J connectivity index is 2.06. The van der Waals surface area contributed by atoms with Gasteiger partial charge in [0.1, 0.15) is 0 Å². The lowest BCUT2D eigenvalue weighted by atomic mass is 10.1. The molecule has 0 aliphatic rings. The van der Waals surface area contributed by atoms with E-state index >= 15 is 0 Å². The number of nitrogens with one attached hydrogen (secondary N) is 1. The van der Waals surface area contributed by atoms with Crippen LogP contribution >= 0.6 is 0 Å². The Morgan fingerprint density at radius 2 is 1.75 bits per heavy atom. The lowest BCUT2D eigenvalue weighted by Crippen LogP contribution is -2.19. The summed E-state index contributed by atoms with van der Waals surface area (Å²) in [5, 5.41) is 3.57. The third-order valence-electron chi connectivity index (χ3n) is 4.03. The molecule has 0 radical (unpaired) electrons. The summed E-state index contributed by atoms with van der Waals surface area (Å²) in [5.41, 5.74) is 2.48. The number of rotatable bonds is 10. The van der Waals surface area contributed by atoms with Crippen LogP contribution in [0.3, 0.4) is 0 Å². The predicted octanol–water partition coefficient (Wildman–Crippen LogP) is 4.45. The molecule has 0 fully saturated rings. The number of hydrogen-bond donors (Lipinski definition) is 1. The number of aromatic nitrogens is 1. The van der Waals surface area contributed by atoms with Crippen LogP contribution in [0.25, 0.3) is 0 Å². The molecule has 1 heterocycles. The highest BCUT2D eigenvalue weighted by molar-refractivity contribution is 5.44. The zero-order valence-corrected chi connectivity index (χ0v) is 15.3. The van der Waals surface area contributed by atoms with E-state index in [1.807, 2.05) is 6.07 Å². The summed E-state index contributed by atoms with van der Waals surface area (Å²) in [6.07, 6.45) is 4.04. The van der Waals surface area contributed by atoms with Crippen LogP contribution < -0.4 is 14.8 Å². The van der Waals surface area contributed by atoms with E-state index in [1.54, 1.807) is 0 Å². The molecule has 4 heteroatoms. The highest BCUT2D eigenvalue weighted by Gasteiger charge is 2.11. The van der Waals surface area contributed by atoms with Crippen molar-refractivity contribution in [3.8, 4) is 11.5 Å². The van der Waals surface area contributed by atoms with Crippen molar-refractivity contribution in [3.63, 3.8) is 0 Å². The number of benzene rings is 1. The van der Waals surface area contributed by atoms with E-state index < -0.39 is 0 Å². The molecule has 2 rings (SSSR count). The van der Waals surface area contributed by atoms with Crippen LogP contribution in [0, 0.1) is 0 Å². The minimum atomic E-state index is 0.240. The Kier molecular flexibility index (Phi) is 7.19. The van der Waals surface area contributed by atoms with Crippen LogP contribution in [-0.4, -0.2) is 17.8 Å². The second kappa shape index (κ2) is 9.38. The van der Waals surface area contributed by atoms with Gasteiger partial charge in [0.25, 0.3) is 0 Å². The van der Waals surface area contributed by atoms with Crippen molar-refractivity contribution in [2.45, 2.75) is 46.2 Å². The minimum absolute atomic E-state index is 0.240. The van der Waals surface area contributed by atoms with Crippen molar-refractivity contribution in [1.82, 2.24) is 9.88 Å². The van der Waals surface area contributed by atoms with Gasteiger partial charge in [-0.1, -0.05) is 19.9 Å². The SMILES string of the molecule is CCCOc1ccc(C(C)NCc2cccn2C)cc1OCCC. The van der Waals surface area contributed by atoms with Gasteiger partial charge in [-0.05, 0) is 49.6 Å². The van der Waals surface area contributed by atoms with E-state index in [-0.39, 0.29) is 6.04 Å². The maximum atomic E-state index is 5.89. The molecule has 0 aliphatic heterocycles. The van der Waals surface area contributed by atoms with E-state index in [9.17, 15) is 0 Å². The van der Waals surface area contributed by atoms with Crippen molar-refractivity contribution < 1.29 is 9.47 Å². The molecule has 1 aromatic carbocycles. The lowest BCUT2D eigenvalue weighted by molar-refractivity contribution is 0.268. The maximum absolute atomic E-state index is 5.89. The highest BCUT2D eigenvalue weighted by Crippen LogP contribution is 2.31. The molecule has 0 amide bonds.